The second-order valence-electron chi connectivity index (χ2n) is 5.17. The predicted molar refractivity (Wildman–Crippen MR) is 92.2 cm³/mol. The molecule has 0 radical (unpaired) electrons. The van der Waals surface area contributed by atoms with Gasteiger partial charge >= 0.3 is 0 Å². The number of nitrogens with one attached hydrogen (secondary N) is 1. The Morgan fingerprint density at radius 3 is 2.79 bits per heavy atom. The van der Waals surface area contributed by atoms with E-state index in [9.17, 15) is 9.18 Å². The summed E-state index contributed by atoms with van der Waals surface area (Å²) < 4.78 is 13.9. The number of thiophene rings is 1. The van der Waals surface area contributed by atoms with Crippen LogP contribution in [0.25, 0.3) is 10.2 Å². The number of pyridine rings is 1. The standard InChI is InChI=1S/C16H12FN5OS/c1-7-2-3-11(10(17)4-7)21-15(23)13-12(19)9-5-8(6-18)14(20)22-16(9)24-13/h2-5H,19H2,1H3,(H2,20,22)(H,21,23). The van der Waals surface area contributed by atoms with Gasteiger partial charge in [-0.1, -0.05) is 6.07 Å². The summed E-state index contributed by atoms with van der Waals surface area (Å²) in [5.41, 5.74) is 12.8. The molecule has 1 aromatic carbocycles. The SMILES string of the molecule is Cc1ccc(NC(=O)c2sc3nc(N)c(C#N)cc3c2N)c(F)c1. The van der Waals surface area contributed by atoms with Crippen molar-refractivity contribution in [1.29, 1.82) is 5.26 Å². The van der Waals surface area contributed by atoms with E-state index in [0.717, 1.165) is 16.9 Å². The number of carbonyl (C=O) groups excluding carboxylic acids is 1. The highest BCUT2D eigenvalue weighted by molar-refractivity contribution is 7.21. The van der Waals surface area contributed by atoms with Gasteiger partial charge in [-0.3, -0.25) is 4.79 Å². The molecule has 3 rings (SSSR count). The van der Waals surface area contributed by atoms with Crippen LogP contribution in [0.4, 0.5) is 21.6 Å². The van der Waals surface area contributed by atoms with Gasteiger partial charge in [0.2, 0.25) is 0 Å². The van der Waals surface area contributed by atoms with Gasteiger partial charge in [-0.2, -0.15) is 5.26 Å². The zero-order chi connectivity index (χ0) is 17.4. The minimum atomic E-state index is -0.546. The van der Waals surface area contributed by atoms with Crippen molar-refractivity contribution in [3.05, 3.63) is 46.1 Å². The van der Waals surface area contributed by atoms with E-state index in [1.54, 1.807) is 13.0 Å². The Bertz CT molecular complexity index is 1020. The first-order chi connectivity index (χ1) is 11.4. The fourth-order valence-electron chi connectivity index (χ4n) is 2.21. The summed E-state index contributed by atoms with van der Waals surface area (Å²) in [5, 5.41) is 12.0. The second-order valence-corrected chi connectivity index (χ2v) is 6.17. The van der Waals surface area contributed by atoms with Crippen LogP contribution in [0.1, 0.15) is 20.8 Å². The quantitative estimate of drug-likeness (QED) is 0.662. The summed E-state index contributed by atoms with van der Waals surface area (Å²) in [6.45, 7) is 1.75. The average molecular weight is 341 g/mol. The lowest BCUT2D eigenvalue weighted by atomic mass is 10.2. The van der Waals surface area contributed by atoms with Gasteiger partial charge in [0.1, 0.15) is 27.4 Å². The van der Waals surface area contributed by atoms with Crippen LogP contribution in [0.5, 0.6) is 0 Å². The van der Waals surface area contributed by atoms with Crippen LogP contribution >= 0.6 is 11.3 Å². The summed E-state index contributed by atoms with van der Waals surface area (Å²) in [6.07, 6.45) is 0. The Morgan fingerprint density at radius 1 is 1.38 bits per heavy atom. The number of anilines is 3. The molecule has 120 valence electrons. The monoisotopic (exact) mass is 341 g/mol. The van der Waals surface area contributed by atoms with E-state index < -0.39 is 11.7 Å². The molecule has 1 amide bonds. The van der Waals surface area contributed by atoms with Crippen LogP contribution in [0.3, 0.4) is 0 Å². The third-order valence-corrected chi connectivity index (χ3v) is 4.56. The van der Waals surface area contributed by atoms with Gasteiger partial charge in [-0.15, -0.1) is 11.3 Å². The van der Waals surface area contributed by atoms with Gasteiger partial charge in [-0.25, -0.2) is 9.37 Å². The number of benzene rings is 1. The molecular formula is C16H12FN5OS. The van der Waals surface area contributed by atoms with E-state index in [4.69, 9.17) is 16.7 Å². The highest BCUT2D eigenvalue weighted by Crippen LogP contribution is 2.34. The van der Waals surface area contributed by atoms with Crippen LogP contribution < -0.4 is 16.8 Å². The summed E-state index contributed by atoms with van der Waals surface area (Å²) in [4.78, 5) is 17.1. The number of nitrogen functional groups attached to an aromatic ring is 2. The van der Waals surface area contributed by atoms with Gasteiger partial charge in [-0.05, 0) is 30.7 Å². The van der Waals surface area contributed by atoms with Crippen molar-refractivity contribution in [3.63, 3.8) is 0 Å². The molecule has 5 N–H and O–H groups in total. The molecule has 8 heteroatoms. The molecule has 2 aromatic heterocycles. The summed E-state index contributed by atoms with van der Waals surface area (Å²) in [5.74, 6) is -1.00. The fraction of sp³-hybridized carbons (Fsp3) is 0.0625. The maximum absolute atomic E-state index is 13.9. The summed E-state index contributed by atoms with van der Waals surface area (Å²) in [6, 6.07) is 7.91. The number of fused-ring (bicyclic) bond motifs is 1. The predicted octanol–water partition coefficient (Wildman–Crippen LogP) is 3.03. The third-order valence-electron chi connectivity index (χ3n) is 3.45. The van der Waals surface area contributed by atoms with Crippen molar-refractivity contribution >= 4 is 44.7 Å². The van der Waals surface area contributed by atoms with Crippen LogP contribution in [-0.4, -0.2) is 10.9 Å². The Labute approximate surface area is 140 Å². The molecular weight excluding hydrogens is 329 g/mol. The lowest BCUT2D eigenvalue weighted by molar-refractivity contribution is 0.103. The number of nitriles is 1. The van der Waals surface area contributed by atoms with E-state index in [0.29, 0.717) is 10.2 Å². The molecule has 0 aliphatic heterocycles. The van der Waals surface area contributed by atoms with Crippen molar-refractivity contribution in [2.45, 2.75) is 6.92 Å². The number of amides is 1. The largest absolute Gasteiger partial charge is 0.397 e. The Kier molecular flexibility index (Phi) is 3.79. The molecule has 0 unspecified atom stereocenters. The normalized spacial score (nSPS) is 10.5. The number of halogens is 1. The van der Waals surface area contributed by atoms with Crippen molar-refractivity contribution in [1.82, 2.24) is 4.98 Å². The minimum absolute atomic E-state index is 0.0626. The molecule has 0 aliphatic carbocycles. The lowest BCUT2D eigenvalue weighted by Gasteiger charge is -2.06. The molecule has 0 bridgehead atoms. The third kappa shape index (κ3) is 2.61. The van der Waals surface area contributed by atoms with Crippen LogP contribution in [-0.2, 0) is 0 Å². The number of nitrogens with zero attached hydrogens (tertiary/aromatic N) is 2. The van der Waals surface area contributed by atoms with Crippen molar-refractivity contribution in [2.24, 2.45) is 0 Å². The fourth-order valence-corrected chi connectivity index (χ4v) is 3.19. The number of hydrogen-bond donors (Lipinski definition) is 3. The van der Waals surface area contributed by atoms with E-state index in [1.807, 2.05) is 6.07 Å². The second kappa shape index (κ2) is 5.79. The van der Waals surface area contributed by atoms with E-state index in [1.165, 1.54) is 18.2 Å². The van der Waals surface area contributed by atoms with Gasteiger partial charge in [0, 0.05) is 5.39 Å². The highest BCUT2D eigenvalue weighted by Gasteiger charge is 2.19. The molecule has 2 heterocycles. The first-order valence-corrected chi connectivity index (χ1v) is 7.68. The molecule has 3 aromatic rings. The maximum atomic E-state index is 13.9. The Hall–Kier alpha value is -3.18. The molecule has 0 saturated heterocycles. The van der Waals surface area contributed by atoms with E-state index >= 15 is 0 Å². The zero-order valence-electron chi connectivity index (χ0n) is 12.6. The molecule has 6 nitrogen and oxygen atoms in total. The molecule has 0 spiro atoms. The van der Waals surface area contributed by atoms with Crippen LogP contribution in [0.15, 0.2) is 24.3 Å². The van der Waals surface area contributed by atoms with Crippen LogP contribution in [0, 0.1) is 24.1 Å². The molecule has 0 atom stereocenters. The van der Waals surface area contributed by atoms with E-state index in [2.05, 4.69) is 10.3 Å². The number of rotatable bonds is 2. The van der Waals surface area contributed by atoms with E-state index in [-0.39, 0.29) is 27.6 Å². The number of carbonyl (C=O) groups is 1. The van der Waals surface area contributed by atoms with Crippen molar-refractivity contribution in [3.8, 4) is 6.07 Å². The Balaban J connectivity index is 2.01. The van der Waals surface area contributed by atoms with Gasteiger partial charge < -0.3 is 16.8 Å². The number of aromatic nitrogens is 1. The summed E-state index contributed by atoms with van der Waals surface area (Å²) in [7, 11) is 0. The lowest BCUT2D eigenvalue weighted by Crippen LogP contribution is -2.13. The average Bonchev–Trinajstić information content (AvgIpc) is 2.85. The maximum Gasteiger partial charge on any atom is 0.268 e. The van der Waals surface area contributed by atoms with Gasteiger partial charge in [0.25, 0.3) is 5.91 Å². The number of hydrogen-bond acceptors (Lipinski definition) is 6. The van der Waals surface area contributed by atoms with Crippen LogP contribution in [0.2, 0.25) is 0 Å². The Morgan fingerprint density at radius 2 is 2.12 bits per heavy atom. The number of nitrogens with two attached hydrogens (primary N) is 2. The highest BCUT2D eigenvalue weighted by atomic mass is 32.1. The molecule has 0 saturated carbocycles. The molecule has 0 aliphatic rings. The van der Waals surface area contributed by atoms with Gasteiger partial charge in [0.05, 0.1) is 16.9 Å². The summed E-state index contributed by atoms with van der Waals surface area (Å²) >= 11 is 1.03. The van der Waals surface area contributed by atoms with Crippen molar-refractivity contribution in [2.75, 3.05) is 16.8 Å². The number of aryl methyl sites for hydroxylation is 1. The van der Waals surface area contributed by atoms with Crippen molar-refractivity contribution < 1.29 is 9.18 Å². The first kappa shape index (κ1) is 15.7. The minimum Gasteiger partial charge on any atom is -0.397 e. The zero-order valence-corrected chi connectivity index (χ0v) is 13.4. The molecule has 24 heavy (non-hydrogen) atoms. The smallest absolute Gasteiger partial charge is 0.268 e. The topological polar surface area (TPSA) is 118 Å². The molecule has 0 fully saturated rings. The van der Waals surface area contributed by atoms with Gasteiger partial charge in [0.15, 0.2) is 0 Å². The first-order valence-electron chi connectivity index (χ1n) is 6.86.